The molecule has 1 aliphatic rings. The Hall–Kier alpha value is -4.26. The van der Waals surface area contributed by atoms with Crippen LogP contribution in [0.4, 0.5) is 0 Å². The summed E-state index contributed by atoms with van der Waals surface area (Å²) in [6.45, 7) is 8.11. The molecule has 0 saturated heterocycles. The molecule has 0 saturated carbocycles. The number of ketones is 1. The van der Waals surface area contributed by atoms with E-state index in [0.717, 1.165) is 5.56 Å². The topological polar surface area (TPSA) is 80.3 Å². The van der Waals surface area contributed by atoms with Gasteiger partial charge >= 0.3 is 5.97 Å². The Labute approximate surface area is 216 Å². The number of allylic oxidation sites excluding steroid dienone is 1. The molecule has 0 unspecified atom stereocenters. The Kier molecular flexibility index (Phi) is 6.99. The van der Waals surface area contributed by atoms with Gasteiger partial charge in [-0.1, -0.05) is 32.9 Å². The molecule has 1 aliphatic heterocycles. The van der Waals surface area contributed by atoms with Crippen molar-refractivity contribution in [2.24, 2.45) is 0 Å². The summed E-state index contributed by atoms with van der Waals surface area (Å²) in [7, 11) is 4.56. The lowest BCUT2D eigenvalue weighted by Crippen LogP contribution is -2.13. The number of aryl methyl sites for hydroxylation is 1. The van der Waals surface area contributed by atoms with E-state index < -0.39 is 5.97 Å². The van der Waals surface area contributed by atoms with Gasteiger partial charge in [0.05, 0.1) is 32.5 Å². The van der Waals surface area contributed by atoms with Crippen molar-refractivity contribution in [3.63, 3.8) is 0 Å². The second-order valence-corrected chi connectivity index (χ2v) is 9.73. The Balaban J connectivity index is 1.59. The van der Waals surface area contributed by atoms with E-state index in [1.807, 2.05) is 12.1 Å². The molecule has 4 rings (SSSR count). The van der Waals surface area contributed by atoms with Crippen molar-refractivity contribution in [3.05, 3.63) is 82.1 Å². The van der Waals surface area contributed by atoms with Gasteiger partial charge in [0.2, 0.25) is 11.5 Å². The fraction of sp³-hybridized carbons (Fsp3) is 0.267. The van der Waals surface area contributed by atoms with E-state index in [0.29, 0.717) is 51.0 Å². The molecule has 0 atom stereocenters. The van der Waals surface area contributed by atoms with Crippen molar-refractivity contribution in [3.8, 4) is 28.7 Å². The quantitative estimate of drug-likeness (QED) is 0.227. The van der Waals surface area contributed by atoms with Gasteiger partial charge in [-0.3, -0.25) is 4.79 Å². The highest BCUT2D eigenvalue weighted by atomic mass is 16.5. The Morgan fingerprint density at radius 3 is 2.05 bits per heavy atom. The molecular weight excluding hydrogens is 472 g/mol. The fourth-order valence-electron chi connectivity index (χ4n) is 4.14. The third-order valence-electron chi connectivity index (χ3n) is 6.13. The third-order valence-corrected chi connectivity index (χ3v) is 6.13. The van der Waals surface area contributed by atoms with Crippen molar-refractivity contribution in [1.29, 1.82) is 0 Å². The summed E-state index contributed by atoms with van der Waals surface area (Å²) in [5.74, 6) is 1.36. The molecule has 0 fully saturated rings. The van der Waals surface area contributed by atoms with Gasteiger partial charge < -0.3 is 23.7 Å². The van der Waals surface area contributed by atoms with Gasteiger partial charge in [0, 0.05) is 6.07 Å². The fourth-order valence-corrected chi connectivity index (χ4v) is 4.14. The monoisotopic (exact) mass is 502 g/mol. The van der Waals surface area contributed by atoms with Crippen molar-refractivity contribution in [2.45, 2.75) is 33.1 Å². The number of hydrogen-bond acceptors (Lipinski definition) is 7. The smallest absolute Gasteiger partial charge is 0.343 e. The average molecular weight is 503 g/mol. The van der Waals surface area contributed by atoms with Gasteiger partial charge in [-0.15, -0.1) is 0 Å². The van der Waals surface area contributed by atoms with E-state index in [9.17, 15) is 9.59 Å². The number of hydrogen-bond donors (Lipinski definition) is 0. The molecule has 0 N–H and O–H groups in total. The van der Waals surface area contributed by atoms with E-state index >= 15 is 0 Å². The van der Waals surface area contributed by atoms with Crippen LogP contribution < -0.4 is 23.7 Å². The molecule has 0 amide bonds. The molecule has 0 aromatic heterocycles. The van der Waals surface area contributed by atoms with Crippen molar-refractivity contribution in [1.82, 2.24) is 0 Å². The maximum atomic E-state index is 13.1. The maximum Gasteiger partial charge on any atom is 0.343 e. The molecule has 7 nitrogen and oxygen atoms in total. The van der Waals surface area contributed by atoms with Gasteiger partial charge in [0.25, 0.3) is 0 Å². The largest absolute Gasteiger partial charge is 0.493 e. The van der Waals surface area contributed by atoms with Crippen LogP contribution in [0.3, 0.4) is 0 Å². The van der Waals surface area contributed by atoms with Gasteiger partial charge in [-0.2, -0.15) is 0 Å². The maximum absolute atomic E-state index is 13.1. The zero-order chi connectivity index (χ0) is 26.9. The van der Waals surface area contributed by atoms with Crippen LogP contribution in [0, 0.1) is 6.92 Å². The van der Waals surface area contributed by atoms with Crippen LogP contribution in [0.2, 0.25) is 0 Å². The lowest BCUT2D eigenvalue weighted by Gasteiger charge is -2.18. The third kappa shape index (κ3) is 5.16. The Bertz CT molecular complexity index is 1370. The molecule has 0 radical (unpaired) electrons. The van der Waals surface area contributed by atoms with Gasteiger partial charge in [-0.05, 0) is 65.4 Å². The van der Waals surface area contributed by atoms with Crippen LogP contribution in [-0.4, -0.2) is 33.1 Å². The highest BCUT2D eigenvalue weighted by molar-refractivity contribution is 6.15. The molecule has 0 bridgehead atoms. The number of rotatable bonds is 6. The van der Waals surface area contributed by atoms with E-state index in [-0.39, 0.29) is 17.0 Å². The predicted octanol–water partition coefficient (Wildman–Crippen LogP) is 6.15. The highest BCUT2D eigenvalue weighted by Crippen LogP contribution is 2.41. The van der Waals surface area contributed by atoms with E-state index in [1.165, 1.54) is 21.3 Å². The first kappa shape index (κ1) is 25.8. The summed E-state index contributed by atoms with van der Waals surface area (Å²) >= 11 is 0. The van der Waals surface area contributed by atoms with Crippen LogP contribution in [0.5, 0.6) is 28.7 Å². The summed E-state index contributed by atoms with van der Waals surface area (Å²) in [5, 5.41) is 0. The predicted molar refractivity (Wildman–Crippen MR) is 140 cm³/mol. The molecule has 1 heterocycles. The van der Waals surface area contributed by atoms with Gasteiger partial charge in [0.1, 0.15) is 11.5 Å². The zero-order valence-corrected chi connectivity index (χ0v) is 22.1. The highest BCUT2D eigenvalue weighted by Gasteiger charge is 2.30. The number of benzene rings is 3. The number of fused-ring (bicyclic) bond motifs is 1. The zero-order valence-electron chi connectivity index (χ0n) is 22.1. The number of ether oxygens (including phenoxy) is 5. The summed E-state index contributed by atoms with van der Waals surface area (Å²) in [6.07, 6.45) is 1.61. The SMILES string of the molecule is COc1cc(/C=C2\Oc3cc(OC(=O)c4ccc(C(C)(C)C)cc4)cc(C)c3C2=O)cc(OC)c1OC. The second-order valence-electron chi connectivity index (χ2n) is 9.73. The second kappa shape index (κ2) is 10.0. The number of esters is 1. The van der Waals surface area contributed by atoms with Crippen LogP contribution in [0.25, 0.3) is 6.08 Å². The molecule has 192 valence electrons. The molecule has 0 spiro atoms. The number of carbonyl (C=O) groups is 2. The standard InChI is InChI=1S/C30H30O7/c1-17-12-21(36-29(32)19-8-10-20(11-9-19)30(2,3)4)16-22-26(17)27(31)23(37-22)13-18-14-24(33-5)28(35-7)25(15-18)34-6/h8-16H,1-7H3/b23-13-. The first-order valence-electron chi connectivity index (χ1n) is 11.8. The minimum absolute atomic E-state index is 0.0171. The Morgan fingerprint density at radius 2 is 1.51 bits per heavy atom. The first-order chi connectivity index (χ1) is 17.5. The molecule has 0 aliphatic carbocycles. The average Bonchev–Trinajstić information content (AvgIpc) is 3.17. The summed E-state index contributed by atoms with van der Waals surface area (Å²) in [6, 6.07) is 14.0. The van der Waals surface area contributed by atoms with Crippen molar-refractivity contribution in [2.75, 3.05) is 21.3 Å². The Morgan fingerprint density at radius 1 is 0.892 bits per heavy atom. The minimum Gasteiger partial charge on any atom is -0.493 e. The van der Waals surface area contributed by atoms with Crippen LogP contribution in [0.15, 0.2) is 54.3 Å². The molecule has 3 aromatic rings. The van der Waals surface area contributed by atoms with Gasteiger partial charge in [-0.25, -0.2) is 4.79 Å². The first-order valence-corrected chi connectivity index (χ1v) is 11.8. The van der Waals surface area contributed by atoms with Crippen LogP contribution in [-0.2, 0) is 5.41 Å². The van der Waals surface area contributed by atoms with Crippen LogP contribution >= 0.6 is 0 Å². The van der Waals surface area contributed by atoms with Crippen LogP contribution in [0.1, 0.15) is 58.2 Å². The lowest BCUT2D eigenvalue weighted by molar-refractivity contribution is 0.0734. The number of methoxy groups -OCH3 is 3. The van der Waals surface area contributed by atoms with E-state index in [4.69, 9.17) is 23.7 Å². The molecule has 3 aromatic carbocycles. The van der Waals surface area contributed by atoms with E-state index in [2.05, 4.69) is 20.8 Å². The molecule has 37 heavy (non-hydrogen) atoms. The van der Waals surface area contributed by atoms with Crippen molar-refractivity contribution >= 4 is 17.8 Å². The summed E-state index contributed by atoms with van der Waals surface area (Å²) in [4.78, 5) is 25.9. The normalized spacial score (nSPS) is 13.7. The minimum atomic E-state index is -0.489. The van der Waals surface area contributed by atoms with E-state index in [1.54, 1.807) is 49.4 Å². The summed E-state index contributed by atoms with van der Waals surface area (Å²) in [5.41, 5.74) is 3.24. The number of carbonyl (C=O) groups excluding carboxylic acids is 2. The summed E-state index contributed by atoms with van der Waals surface area (Å²) < 4.78 is 27.7. The molecular formula is C30H30O7. The number of Topliss-reactive ketones (excluding diaryl/α,β-unsaturated/α-hetero) is 1. The lowest BCUT2D eigenvalue weighted by atomic mass is 9.87. The molecule has 7 heteroatoms. The van der Waals surface area contributed by atoms with Gasteiger partial charge in [0.15, 0.2) is 17.3 Å². The van der Waals surface area contributed by atoms with Crippen molar-refractivity contribution < 1.29 is 33.3 Å².